The number of para-hydroxylation sites is 1. The summed E-state index contributed by atoms with van der Waals surface area (Å²) in [5, 5.41) is 3.43. The van der Waals surface area contributed by atoms with Crippen LogP contribution in [0.15, 0.2) is 36.4 Å². The smallest absolute Gasteiger partial charge is 0.410 e. The minimum absolute atomic E-state index is 0.0132. The number of fused-ring (bicyclic) bond motifs is 1. The van der Waals surface area contributed by atoms with Crippen LogP contribution in [-0.2, 0) is 36.7 Å². The number of halogens is 1. The van der Waals surface area contributed by atoms with Crippen LogP contribution in [0.3, 0.4) is 0 Å². The first-order chi connectivity index (χ1) is 26.9. The third-order valence-corrected chi connectivity index (χ3v) is 12.3. The normalized spacial score (nSPS) is 19.4. The van der Waals surface area contributed by atoms with Crippen molar-refractivity contribution in [1.29, 1.82) is 0 Å². The van der Waals surface area contributed by atoms with E-state index in [-0.39, 0.29) is 43.5 Å². The first kappa shape index (κ1) is 41.1. The summed E-state index contributed by atoms with van der Waals surface area (Å²) >= 11 is 6.43. The molecule has 6 rings (SSSR count). The number of rotatable bonds is 10. The summed E-state index contributed by atoms with van der Waals surface area (Å²) in [6, 6.07) is 11.3. The van der Waals surface area contributed by atoms with Crippen molar-refractivity contribution in [3.63, 3.8) is 0 Å². The van der Waals surface area contributed by atoms with Crippen molar-refractivity contribution in [3.8, 4) is 0 Å². The fraction of sp³-hybridized carbons (Fsp3) is 0.585. The molecule has 14 nitrogen and oxygen atoms in total. The molecule has 3 saturated heterocycles. The average Bonchev–Trinajstić information content (AvgIpc) is 3.36. The third kappa shape index (κ3) is 10.2. The number of likely N-dealkylation sites (tertiary alicyclic amines) is 3. The molecule has 3 fully saturated rings. The minimum atomic E-state index is -1.04. The van der Waals surface area contributed by atoms with Gasteiger partial charge in [0.2, 0.25) is 0 Å². The number of nitrogen functional groups attached to an aromatic ring is 1. The number of aryl methyl sites for hydroxylation is 1. The zero-order valence-corrected chi connectivity index (χ0v) is 33.6. The molecule has 0 aromatic heterocycles. The number of piperidine rings is 3. The number of hydrogen-bond donors (Lipinski definition) is 2. The molecule has 4 heterocycles. The van der Waals surface area contributed by atoms with E-state index in [9.17, 15) is 24.0 Å². The van der Waals surface area contributed by atoms with Crippen molar-refractivity contribution in [3.05, 3.63) is 58.1 Å². The van der Waals surface area contributed by atoms with Gasteiger partial charge in [0.15, 0.2) is 12.7 Å². The Kier molecular flexibility index (Phi) is 13.6. The summed E-state index contributed by atoms with van der Waals surface area (Å²) in [4.78, 5) is 73.9. The Labute approximate surface area is 334 Å². The van der Waals surface area contributed by atoms with Crippen molar-refractivity contribution < 1.29 is 33.4 Å². The maximum absolute atomic E-state index is 14.2. The first-order valence-corrected chi connectivity index (χ1v) is 20.3. The van der Waals surface area contributed by atoms with E-state index in [1.54, 1.807) is 25.1 Å². The summed E-state index contributed by atoms with van der Waals surface area (Å²) in [5.41, 5.74) is 10.1. The van der Waals surface area contributed by atoms with Crippen LogP contribution in [0.5, 0.6) is 0 Å². The van der Waals surface area contributed by atoms with Gasteiger partial charge in [0, 0.05) is 65.0 Å². The number of ether oxygens (including phenoxy) is 2. The van der Waals surface area contributed by atoms with E-state index in [2.05, 4.69) is 10.2 Å². The lowest BCUT2D eigenvalue weighted by Crippen LogP contribution is -2.52. The average molecular weight is 794 g/mol. The number of anilines is 2. The predicted molar refractivity (Wildman–Crippen MR) is 213 cm³/mol. The van der Waals surface area contributed by atoms with Gasteiger partial charge >= 0.3 is 18.1 Å². The Morgan fingerprint density at radius 2 is 1.55 bits per heavy atom. The topological polar surface area (TPSA) is 158 Å². The summed E-state index contributed by atoms with van der Waals surface area (Å²) in [6.07, 6.45) is 4.16. The molecule has 4 aliphatic heterocycles. The fourth-order valence-electron chi connectivity index (χ4n) is 8.51. The SMILES string of the molecule is Cc1cc(C[C@@H](OC(=O)N2CCC(N3CCc4ccccc4NC3=O)CC2)C(=O)N2CCC(C3CCN(CC(=O)OCC(=O)N(C)C)CC3)CC2)cc(Cl)c1N. The van der Waals surface area contributed by atoms with E-state index >= 15 is 0 Å². The molecule has 0 bridgehead atoms. The maximum Gasteiger partial charge on any atom is 0.410 e. The van der Waals surface area contributed by atoms with Crippen molar-refractivity contribution in [2.75, 3.05) is 84.1 Å². The molecule has 0 unspecified atom stereocenters. The number of carbonyl (C=O) groups is 5. The number of nitrogens with zero attached hydrogens (tertiary/aromatic N) is 5. The zero-order valence-electron chi connectivity index (χ0n) is 32.8. The standard InChI is InChI=1S/C41H56ClN7O7/c1-27-22-28(23-33(42)38(27)43)24-35(56-41(54)48-19-13-32(14-20-48)49-21-12-31-6-4-5-7-34(31)44-40(49)53)39(52)47-17-10-30(11-18-47)29-8-15-46(16-9-29)25-37(51)55-26-36(50)45(2)3/h4-7,22-23,29-30,32,35H,8-21,24-26,43H2,1-3H3,(H,44,53)/t35-/m1/s1. The molecule has 0 saturated carbocycles. The summed E-state index contributed by atoms with van der Waals surface area (Å²) in [7, 11) is 3.25. The zero-order chi connectivity index (χ0) is 39.9. The number of carbonyl (C=O) groups excluding carboxylic acids is 5. The van der Waals surface area contributed by atoms with E-state index in [0.717, 1.165) is 67.6 Å². The van der Waals surface area contributed by atoms with Gasteiger partial charge in [-0.05, 0) is 106 Å². The van der Waals surface area contributed by atoms with Crippen molar-refractivity contribution in [1.82, 2.24) is 24.5 Å². The Morgan fingerprint density at radius 1 is 0.911 bits per heavy atom. The van der Waals surface area contributed by atoms with Gasteiger partial charge in [-0.2, -0.15) is 0 Å². The minimum Gasteiger partial charge on any atom is -0.455 e. The molecule has 15 heteroatoms. The van der Waals surface area contributed by atoms with E-state index in [4.69, 9.17) is 26.8 Å². The first-order valence-electron chi connectivity index (χ1n) is 19.9. The maximum atomic E-state index is 14.2. The molecule has 4 aliphatic rings. The van der Waals surface area contributed by atoms with Crippen LogP contribution in [-0.4, -0.2) is 140 Å². The van der Waals surface area contributed by atoms with Crippen molar-refractivity contribution in [2.45, 2.75) is 70.4 Å². The largest absolute Gasteiger partial charge is 0.455 e. The fourth-order valence-corrected chi connectivity index (χ4v) is 8.80. The van der Waals surface area contributed by atoms with Gasteiger partial charge in [0.1, 0.15) is 0 Å². The monoisotopic (exact) mass is 793 g/mol. The Hall–Kier alpha value is -4.56. The highest BCUT2D eigenvalue weighted by Gasteiger charge is 2.37. The second kappa shape index (κ2) is 18.6. The van der Waals surface area contributed by atoms with Crippen LogP contribution >= 0.6 is 11.6 Å². The summed E-state index contributed by atoms with van der Waals surface area (Å²) in [5.74, 6) is 0.0725. The van der Waals surface area contributed by atoms with Gasteiger partial charge in [-0.1, -0.05) is 35.9 Å². The lowest BCUT2D eigenvalue weighted by molar-refractivity contribution is -0.152. The Balaban J connectivity index is 1.02. The summed E-state index contributed by atoms with van der Waals surface area (Å²) in [6.45, 7) is 5.90. The highest BCUT2D eigenvalue weighted by Crippen LogP contribution is 2.33. The van der Waals surface area contributed by atoms with Crippen molar-refractivity contribution in [2.24, 2.45) is 11.8 Å². The molecule has 0 aliphatic carbocycles. The number of urea groups is 1. The van der Waals surface area contributed by atoms with Gasteiger partial charge in [0.25, 0.3) is 11.8 Å². The lowest BCUT2D eigenvalue weighted by atomic mass is 9.78. The van der Waals surface area contributed by atoms with Crippen LogP contribution in [0.1, 0.15) is 55.2 Å². The molecule has 0 spiro atoms. The second-order valence-corrected chi connectivity index (χ2v) is 16.3. The molecule has 2 aromatic carbocycles. The molecule has 3 N–H and O–H groups in total. The second-order valence-electron chi connectivity index (χ2n) is 15.9. The number of nitrogens with two attached hydrogens (primary N) is 1. The molecular formula is C41H56ClN7O7. The van der Waals surface area contributed by atoms with Crippen LogP contribution in [0, 0.1) is 18.8 Å². The van der Waals surface area contributed by atoms with Gasteiger partial charge in [-0.15, -0.1) is 0 Å². The highest BCUT2D eigenvalue weighted by molar-refractivity contribution is 6.33. The molecule has 5 amide bonds. The number of amides is 5. The number of esters is 1. The molecule has 0 radical (unpaired) electrons. The summed E-state index contributed by atoms with van der Waals surface area (Å²) < 4.78 is 11.2. The number of likely N-dealkylation sites (N-methyl/N-ethyl adjacent to an activating group) is 1. The van der Waals surface area contributed by atoms with E-state index < -0.39 is 18.2 Å². The number of nitrogens with one attached hydrogen (secondary N) is 1. The molecule has 2 aromatic rings. The van der Waals surface area contributed by atoms with Gasteiger partial charge in [-0.25, -0.2) is 9.59 Å². The third-order valence-electron chi connectivity index (χ3n) is 12.0. The van der Waals surface area contributed by atoms with Crippen LogP contribution < -0.4 is 11.1 Å². The van der Waals surface area contributed by atoms with Gasteiger partial charge in [-0.3, -0.25) is 19.3 Å². The van der Waals surface area contributed by atoms with Gasteiger partial charge in [0.05, 0.1) is 17.3 Å². The van der Waals surface area contributed by atoms with Gasteiger partial charge < -0.3 is 40.1 Å². The Bertz CT molecular complexity index is 1730. The molecule has 56 heavy (non-hydrogen) atoms. The van der Waals surface area contributed by atoms with Crippen LogP contribution in [0.2, 0.25) is 5.02 Å². The van der Waals surface area contributed by atoms with Crippen molar-refractivity contribution >= 4 is 52.9 Å². The van der Waals surface area contributed by atoms with E-state index in [0.29, 0.717) is 68.1 Å². The molecule has 1 atom stereocenters. The molecular weight excluding hydrogens is 738 g/mol. The molecule has 304 valence electrons. The Morgan fingerprint density at radius 3 is 2.21 bits per heavy atom. The quantitative estimate of drug-likeness (QED) is 0.263. The van der Waals surface area contributed by atoms with Crippen LogP contribution in [0.25, 0.3) is 0 Å². The lowest BCUT2D eigenvalue weighted by Gasteiger charge is -2.41. The van der Waals surface area contributed by atoms with E-state index in [1.165, 1.54) is 4.90 Å². The number of hydrogen-bond acceptors (Lipinski definition) is 9. The predicted octanol–water partition coefficient (Wildman–Crippen LogP) is 4.41. The van der Waals surface area contributed by atoms with Crippen LogP contribution in [0.4, 0.5) is 21.0 Å². The highest BCUT2D eigenvalue weighted by atomic mass is 35.5. The van der Waals surface area contributed by atoms with E-state index in [1.807, 2.05) is 47.1 Å². The number of benzene rings is 2.